The second-order valence-electron chi connectivity index (χ2n) is 5.59. The third-order valence-electron chi connectivity index (χ3n) is 3.76. The molecule has 2 rings (SSSR count). The summed E-state index contributed by atoms with van der Waals surface area (Å²) in [6, 6.07) is 15.4. The predicted molar refractivity (Wildman–Crippen MR) is 95.0 cm³/mol. The van der Waals surface area contributed by atoms with Gasteiger partial charge in [-0.05, 0) is 30.3 Å². The highest BCUT2D eigenvalue weighted by Gasteiger charge is 2.22. The summed E-state index contributed by atoms with van der Waals surface area (Å²) in [5.41, 5.74) is 1.73. The standard InChI is InChI=1S/C18H21BrN2O2/c1-21(2)16(15-9-4-5-10-17(15)23-3)12-20-18(22)13-7-6-8-14(19)11-13/h4-11,16H,12H2,1-3H3,(H,20,22)/p+1/t16-/m1/s1. The Labute approximate surface area is 145 Å². The molecule has 0 aromatic heterocycles. The van der Waals surface area contributed by atoms with Gasteiger partial charge in [-0.2, -0.15) is 0 Å². The number of methoxy groups -OCH3 is 1. The van der Waals surface area contributed by atoms with Crippen molar-refractivity contribution in [1.82, 2.24) is 5.32 Å². The molecule has 0 aliphatic rings. The van der Waals surface area contributed by atoms with Gasteiger partial charge in [-0.3, -0.25) is 4.79 Å². The van der Waals surface area contributed by atoms with Crippen LogP contribution in [0.25, 0.3) is 0 Å². The lowest BCUT2D eigenvalue weighted by Gasteiger charge is -2.23. The second kappa shape index (κ2) is 8.13. The number of quaternary nitrogens is 1. The Bertz CT molecular complexity index is 674. The van der Waals surface area contributed by atoms with Gasteiger partial charge in [0.15, 0.2) is 0 Å². The Morgan fingerprint density at radius 1 is 1.22 bits per heavy atom. The molecule has 2 aromatic rings. The molecule has 122 valence electrons. The molecule has 1 atom stereocenters. The van der Waals surface area contributed by atoms with Crippen molar-refractivity contribution in [3.63, 3.8) is 0 Å². The van der Waals surface area contributed by atoms with Crippen LogP contribution in [-0.4, -0.2) is 33.7 Å². The zero-order chi connectivity index (χ0) is 16.8. The molecule has 5 heteroatoms. The number of ether oxygens (including phenoxy) is 1. The summed E-state index contributed by atoms with van der Waals surface area (Å²) in [5, 5.41) is 3.02. The van der Waals surface area contributed by atoms with Crippen LogP contribution in [0.5, 0.6) is 5.75 Å². The van der Waals surface area contributed by atoms with Gasteiger partial charge in [0.1, 0.15) is 11.8 Å². The maximum absolute atomic E-state index is 12.3. The molecule has 0 spiro atoms. The maximum atomic E-state index is 12.3. The van der Waals surface area contributed by atoms with E-state index in [0.717, 1.165) is 15.8 Å². The molecule has 0 saturated heterocycles. The van der Waals surface area contributed by atoms with Gasteiger partial charge in [0, 0.05) is 10.0 Å². The van der Waals surface area contributed by atoms with Crippen LogP contribution in [0.2, 0.25) is 0 Å². The van der Waals surface area contributed by atoms with E-state index >= 15 is 0 Å². The first-order chi connectivity index (χ1) is 11.0. The van der Waals surface area contributed by atoms with Gasteiger partial charge in [0.2, 0.25) is 0 Å². The molecule has 0 saturated carbocycles. The Morgan fingerprint density at radius 3 is 2.61 bits per heavy atom. The number of carbonyl (C=O) groups excluding carboxylic acids is 1. The average molecular weight is 378 g/mol. The van der Waals surface area contributed by atoms with Crippen molar-refractivity contribution in [2.75, 3.05) is 27.7 Å². The summed E-state index contributed by atoms with van der Waals surface area (Å²) in [6.45, 7) is 0.536. The zero-order valence-electron chi connectivity index (χ0n) is 13.6. The second-order valence-corrected chi connectivity index (χ2v) is 6.51. The molecule has 1 amide bonds. The molecule has 0 unspecified atom stereocenters. The number of para-hydroxylation sites is 1. The van der Waals surface area contributed by atoms with Gasteiger partial charge in [-0.1, -0.05) is 34.1 Å². The minimum atomic E-state index is -0.0764. The summed E-state index contributed by atoms with van der Waals surface area (Å²) >= 11 is 3.39. The Kier molecular flexibility index (Phi) is 6.19. The van der Waals surface area contributed by atoms with Gasteiger partial charge in [-0.25, -0.2) is 0 Å². The molecular weight excluding hydrogens is 356 g/mol. The molecule has 2 N–H and O–H groups in total. The van der Waals surface area contributed by atoms with Crippen molar-refractivity contribution < 1.29 is 14.4 Å². The largest absolute Gasteiger partial charge is 0.496 e. The van der Waals surface area contributed by atoms with Gasteiger partial charge in [-0.15, -0.1) is 0 Å². The van der Waals surface area contributed by atoms with E-state index in [0.29, 0.717) is 12.1 Å². The van der Waals surface area contributed by atoms with Crippen molar-refractivity contribution in [3.05, 3.63) is 64.1 Å². The minimum absolute atomic E-state index is 0.0764. The van der Waals surface area contributed by atoms with E-state index in [1.54, 1.807) is 13.2 Å². The summed E-state index contributed by atoms with van der Waals surface area (Å²) in [7, 11) is 5.81. The number of amides is 1. The third-order valence-corrected chi connectivity index (χ3v) is 4.26. The van der Waals surface area contributed by atoms with Crippen molar-refractivity contribution in [2.24, 2.45) is 0 Å². The highest BCUT2D eigenvalue weighted by molar-refractivity contribution is 9.10. The molecule has 0 radical (unpaired) electrons. The number of hydrogen-bond donors (Lipinski definition) is 2. The molecule has 0 heterocycles. The van der Waals surface area contributed by atoms with Gasteiger partial charge < -0.3 is 15.0 Å². The SMILES string of the molecule is COc1ccccc1[C@@H](CNC(=O)c1cccc(Br)c1)[NH+](C)C. The number of nitrogens with one attached hydrogen (secondary N) is 2. The lowest BCUT2D eigenvalue weighted by Crippen LogP contribution is -3.07. The number of benzene rings is 2. The van der Waals surface area contributed by atoms with Crippen molar-refractivity contribution in [2.45, 2.75) is 6.04 Å². The van der Waals surface area contributed by atoms with Crippen LogP contribution < -0.4 is 15.0 Å². The third kappa shape index (κ3) is 4.56. The van der Waals surface area contributed by atoms with E-state index in [-0.39, 0.29) is 11.9 Å². The monoisotopic (exact) mass is 377 g/mol. The zero-order valence-corrected chi connectivity index (χ0v) is 15.2. The molecule has 0 aliphatic heterocycles. The van der Waals surface area contributed by atoms with Gasteiger partial charge >= 0.3 is 0 Å². The lowest BCUT2D eigenvalue weighted by atomic mass is 10.0. The van der Waals surface area contributed by atoms with E-state index < -0.39 is 0 Å². The Balaban J connectivity index is 2.13. The number of likely N-dealkylation sites (N-methyl/N-ethyl adjacent to an activating group) is 1. The summed E-state index contributed by atoms with van der Waals surface area (Å²) < 4.78 is 6.34. The van der Waals surface area contributed by atoms with Crippen molar-refractivity contribution in [3.8, 4) is 5.75 Å². The Morgan fingerprint density at radius 2 is 1.96 bits per heavy atom. The molecular formula is C18H22BrN2O2+. The van der Waals surface area contributed by atoms with E-state index in [2.05, 4.69) is 35.3 Å². The topological polar surface area (TPSA) is 42.8 Å². The first kappa shape index (κ1) is 17.5. The first-order valence-electron chi connectivity index (χ1n) is 7.49. The van der Waals surface area contributed by atoms with Gasteiger partial charge in [0.05, 0.1) is 33.3 Å². The van der Waals surface area contributed by atoms with E-state index in [9.17, 15) is 4.79 Å². The van der Waals surface area contributed by atoms with Gasteiger partial charge in [0.25, 0.3) is 5.91 Å². The highest BCUT2D eigenvalue weighted by atomic mass is 79.9. The number of halogens is 1. The quantitative estimate of drug-likeness (QED) is 0.809. The fraction of sp³-hybridized carbons (Fsp3) is 0.278. The number of hydrogen-bond acceptors (Lipinski definition) is 2. The highest BCUT2D eigenvalue weighted by Crippen LogP contribution is 2.22. The molecule has 2 aromatic carbocycles. The fourth-order valence-corrected chi connectivity index (χ4v) is 2.91. The van der Waals surface area contributed by atoms with Crippen molar-refractivity contribution >= 4 is 21.8 Å². The molecule has 4 nitrogen and oxygen atoms in total. The maximum Gasteiger partial charge on any atom is 0.251 e. The summed E-state index contributed by atoms with van der Waals surface area (Å²) in [6.07, 6.45) is 0. The summed E-state index contributed by atoms with van der Waals surface area (Å²) in [4.78, 5) is 13.6. The smallest absolute Gasteiger partial charge is 0.251 e. The molecule has 0 bridgehead atoms. The normalized spacial score (nSPS) is 12.0. The Hall–Kier alpha value is -1.85. The van der Waals surface area contributed by atoms with Crippen LogP contribution in [0, 0.1) is 0 Å². The fourth-order valence-electron chi connectivity index (χ4n) is 2.51. The van der Waals surface area contributed by atoms with E-state index in [1.165, 1.54) is 4.90 Å². The van der Waals surface area contributed by atoms with Crippen LogP contribution in [0.1, 0.15) is 22.0 Å². The van der Waals surface area contributed by atoms with Crippen LogP contribution in [0.3, 0.4) is 0 Å². The molecule has 0 aliphatic carbocycles. The molecule has 0 fully saturated rings. The number of carbonyl (C=O) groups is 1. The van der Waals surface area contributed by atoms with Crippen molar-refractivity contribution in [1.29, 1.82) is 0 Å². The molecule has 23 heavy (non-hydrogen) atoms. The summed E-state index contributed by atoms with van der Waals surface area (Å²) in [5.74, 6) is 0.767. The van der Waals surface area contributed by atoms with Crippen LogP contribution in [0.4, 0.5) is 0 Å². The first-order valence-corrected chi connectivity index (χ1v) is 8.29. The number of rotatable bonds is 6. The minimum Gasteiger partial charge on any atom is -0.496 e. The van der Waals surface area contributed by atoms with Crippen LogP contribution in [0.15, 0.2) is 53.0 Å². The van der Waals surface area contributed by atoms with E-state index in [4.69, 9.17) is 4.74 Å². The average Bonchev–Trinajstić information content (AvgIpc) is 2.55. The van der Waals surface area contributed by atoms with Crippen LogP contribution in [-0.2, 0) is 0 Å². The van der Waals surface area contributed by atoms with E-state index in [1.807, 2.05) is 42.5 Å². The lowest BCUT2D eigenvalue weighted by molar-refractivity contribution is -0.890. The van der Waals surface area contributed by atoms with Crippen LogP contribution >= 0.6 is 15.9 Å². The predicted octanol–water partition coefficient (Wildman–Crippen LogP) is 2.07.